The Hall–Kier alpha value is -4.09. The summed E-state index contributed by atoms with van der Waals surface area (Å²) in [5, 5.41) is 11.6. The zero-order chi connectivity index (χ0) is 21.5. The van der Waals surface area contributed by atoms with Crippen LogP contribution < -0.4 is 5.56 Å². The highest BCUT2D eigenvalue weighted by Gasteiger charge is 2.13. The molecular formula is C27H17N3OS. The van der Waals surface area contributed by atoms with Crippen molar-refractivity contribution in [2.45, 2.75) is 0 Å². The number of rotatable bonds is 3. The Balaban J connectivity index is 1.54. The van der Waals surface area contributed by atoms with Gasteiger partial charge in [-0.05, 0) is 33.2 Å². The molecule has 4 nitrogen and oxygen atoms in total. The molecule has 0 bridgehead atoms. The van der Waals surface area contributed by atoms with Crippen molar-refractivity contribution in [2.75, 3.05) is 0 Å². The highest BCUT2D eigenvalue weighted by atomic mass is 32.1. The summed E-state index contributed by atoms with van der Waals surface area (Å²) in [6, 6.07) is 28.5. The average Bonchev–Trinajstić information content (AvgIpc) is 3.28. The van der Waals surface area contributed by atoms with Crippen molar-refractivity contribution in [3.05, 3.63) is 113 Å². The smallest absolute Gasteiger partial charge is 0.267 e. The van der Waals surface area contributed by atoms with Crippen molar-refractivity contribution < 1.29 is 0 Å². The molecule has 0 aliphatic rings. The SMILES string of the molecule is O=c1c2c(-c3ccccc3)csc2ncn1/N=C\c1c2ccccc2cc2ccccc12. The van der Waals surface area contributed by atoms with Crippen LogP contribution in [0.5, 0.6) is 0 Å². The monoisotopic (exact) mass is 431 g/mol. The highest BCUT2D eigenvalue weighted by molar-refractivity contribution is 7.17. The van der Waals surface area contributed by atoms with Gasteiger partial charge in [0.2, 0.25) is 0 Å². The highest BCUT2D eigenvalue weighted by Crippen LogP contribution is 2.30. The summed E-state index contributed by atoms with van der Waals surface area (Å²) in [6.07, 6.45) is 3.27. The molecule has 0 spiro atoms. The van der Waals surface area contributed by atoms with Crippen molar-refractivity contribution in [1.82, 2.24) is 9.66 Å². The first-order chi connectivity index (χ1) is 15.8. The maximum atomic E-state index is 13.3. The predicted molar refractivity (Wildman–Crippen MR) is 134 cm³/mol. The second-order valence-corrected chi connectivity index (χ2v) is 8.43. The van der Waals surface area contributed by atoms with E-state index in [1.807, 2.05) is 60.0 Å². The molecule has 2 aromatic heterocycles. The van der Waals surface area contributed by atoms with Crippen LogP contribution in [0.1, 0.15) is 5.56 Å². The predicted octanol–water partition coefficient (Wildman–Crippen LogP) is 6.31. The average molecular weight is 432 g/mol. The van der Waals surface area contributed by atoms with E-state index in [-0.39, 0.29) is 5.56 Å². The lowest BCUT2D eigenvalue weighted by Crippen LogP contribution is -2.16. The van der Waals surface area contributed by atoms with Crippen molar-refractivity contribution >= 4 is 49.3 Å². The van der Waals surface area contributed by atoms with E-state index in [1.165, 1.54) is 22.3 Å². The van der Waals surface area contributed by atoms with Crippen LogP contribution in [0.4, 0.5) is 0 Å². The fraction of sp³-hybridized carbons (Fsp3) is 0. The van der Waals surface area contributed by atoms with Gasteiger partial charge in [-0.15, -0.1) is 11.3 Å². The molecule has 0 aliphatic heterocycles. The Morgan fingerprint density at radius 2 is 1.50 bits per heavy atom. The van der Waals surface area contributed by atoms with Gasteiger partial charge in [0, 0.05) is 16.5 Å². The Morgan fingerprint density at radius 3 is 2.22 bits per heavy atom. The first-order valence-corrected chi connectivity index (χ1v) is 11.2. The Bertz CT molecular complexity index is 1640. The maximum absolute atomic E-state index is 13.3. The molecule has 0 amide bonds. The molecule has 0 atom stereocenters. The molecule has 0 N–H and O–H groups in total. The number of aromatic nitrogens is 2. The molecule has 5 heteroatoms. The second-order valence-electron chi connectivity index (χ2n) is 7.57. The number of hydrogen-bond donors (Lipinski definition) is 0. The Labute approximate surface area is 187 Å². The fourth-order valence-corrected chi connectivity index (χ4v) is 5.05. The third-order valence-corrected chi connectivity index (χ3v) is 6.57. The van der Waals surface area contributed by atoms with E-state index in [2.05, 4.69) is 40.4 Å². The van der Waals surface area contributed by atoms with Crippen LogP contribution in [0.15, 0.2) is 107 Å². The topological polar surface area (TPSA) is 47.2 Å². The molecule has 0 saturated heterocycles. The standard InChI is InChI=1S/C27H17N3OS/c31-27-25-24(18-8-2-1-3-9-18)16-32-26(25)28-17-30(27)29-15-23-21-12-6-4-10-19(21)14-20-11-5-7-13-22(20)23/h1-17H/b29-15-. The lowest BCUT2D eigenvalue weighted by atomic mass is 9.97. The zero-order valence-electron chi connectivity index (χ0n) is 17.0. The summed E-state index contributed by atoms with van der Waals surface area (Å²) in [7, 11) is 0. The molecule has 32 heavy (non-hydrogen) atoms. The van der Waals surface area contributed by atoms with Crippen LogP contribution in [0, 0.1) is 0 Å². The molecule has 6 aromatic rings. The van der Waals surface area contributed by atoms with Crippen LogP contribution in [0.3, 0.4) is 0 Å². The van der Waals surface area contributed by atoms with E-state index in [1.54, 1.807) is 6.21 Å². The van der Waals surface area contributed by atoms with E-state index in [9.17, 15) is 4.79 Å². The first kappa shape index (κ1) is 18.7. The second kappa shape index (κ2) is 7.55. The molecule has 0 aliphatic carbocycles. The van der Waals surface area contributed by atoms with Gasteiger partial charge < -0.3 is 0 Å². The van der Waals surface area contributed by atoms with E-state index in [4.69, 9.17) is 0 Å². The van der Waals surface area contributed by atoms with Crippen molar-refractivity contribution in [3.63, 3.8) is 0 Å². The maximum Gasteiger partial charge on any atom is 0.283 e. The Kier molecular flexibility index (Phi) is 4.40. The summed E-state index contributed by atoms with van der Waals surface area (Å²) < 4.78 is 1.33. The van der Waals surface area contributed by atoms with Crippen molar-refractivity contribution in [2.24, 2.45) is 5.10 Å². The van der Waals surface area contributed by atoms with E-state index >= 15 is 0 Å². The fourth-order valence-electron chi connectivity index (χ4n) is 4.14. The van der Waals surface area contributed by atoms with Crippen LogP contribution in [-0.4, -0.2) is 15.9 Å². The van der Waals surface area contributed by atoms with Gasteiger partial charge in [0.15, 0.2) is 0 Å². The third kappa shape index (κ3) is 3.02. The van der Waals surface area contributed by atoms with Gasteiger partial charge in [-0.25, -0.2) is 4.98 Å². The van der Waals surface area contributed by atoms with Crippen LogP contribution in [-0.2, 0) is 0 Å². The van der Waals surface area contributed by atoms with E-state index < -0.39 is 0 Å². The minimum absolute atomic E-state index is 0.170. The largest absolute Gasteiger partial charge is 0.283 e. The molecule has 152 valence electrons. The van der Waals surface area contributed by atoms with Gasteiger partial charge in [-0.2, -0.15) is 9.78 Å². The van der Waals surface area contributed by atoms with Crippen LogP contribution in [0.25, 0.3) is 42.9 Å². The van der Waals surface area contributed by atoms with Gasteiger partial charge in [-0.1, -0.05) is 78.9 Å². The zero-order valence-corrected chi connectivity index (χ0v) is 17.8. The van der Waals surface area contributed by atoms with Gasteiger partial charge in [0.25, 0.3) is 5.56 Å². The van der Waals surface area contributed by atoms with Gasteiger partial charge >= 0.3 is 0 Å². The molecule has 0 unspecified atom stereocenters. The number of thiophene rings is 1. The molecule has 0 saturated carbocycles. The summed E-state index contributed by atoms with van der Waals surface area (Å²) in [6.45, 7) is 0. The molecule has 0 fully saturated rings. The number of hydrogen-bond acceptors (Lipinski definition) is 4. The van der Waals surface area contributed by atoms with Crippen LogP contribution in [0.2, 0.25) is 0 Å². The van der Waals surface area contributed by atoms with E-state index in [0.717, 1.165) is 43.1 Å². The van der Waals surface area contributed by atoms with Crippen LogP contribution >= 0.6 is 11.3 Å². The molecule has 4 aromatic carbocycles. The minimum atomic E-state index is -0.170. The molecule has 0 radical (unpaired) electrons. The third-order valence-electron chi connectivity index (χ3n) is 5.69. The number of fused-ring (bicyclic) bond motifs is 3. The van der Waals surface area contributed by atoms with Crippen molar-refractivity contribution in [3.8, 4) is 11.1 Å². The van der Waals surface area contributed by atoms with Gasteiger partial charge in [0.05, 0.1) is 11.6 Å². The summed E-state index contributed by atoms with van der Waals surface area (Å²) in [5.74, 6) is 0. The number of benzene rings is 4. The summed E-state index contributed by atoms with van der Waals surface area (Å²) in [4.78, 5) is 18.6. The molecular weight excluding hydrogens is 414 g/mol. The quantitative estimate of drug-likeness (QED) is 0.243. The normalized spacial score (nSPS) is 11.8. The molecule has 6 rings (SSSR count). The minimum Gasteiger partial charge on any atom is -0.267 e. The summed E-state index contributed by atoms with van der Waals surface area (Å²) >= 11 is 1.47. The van der Waals surface area contributed by atoms with E-state index in [0.29, 0.717) is 5.39 Å². The lowest BCUT2D eigenvalue weighted by molar-refractivity contribution is 0.819. The summed E-state index contributed by atoms with van der Waals surface area (Å²) in [5.41, 5.74) is 2.71. The van der Waals surface area contributed by atoms with Gasteiger partial charge in [-0.3, -0.25) is 4.79 Å². The van der Waals surface area contributed by atoms with Crippen molar-refractivity contribution in [1.29, 1.82) is 0 Å². The number of nitrogens with zero attached hydrogens (tertiary/aromatic N) is 3. The Morgan fingerprint density at radius 1 is 0.844 bits per heavy atom. The first-order valence-electron chi connectivity index (χ1n) is 10.3. The lowest BCUT2D eigenvalue weighted by Gasteiger charge is -2.08. The molecule has 2 heterocycles. The van der Waals surface area contributed by atoms with Gasteiger partial charge in [0.1, 0.15) is 11.2 Å².